The first-order chi connectivity index (χ1) is 9.72. The summed E-state index contributed by atoms with van der Waals surface area (Å²) in [7, 11) is 0. The lowest BCUT2D eigenvalue weighted by Gasteiger charge is -2.02. The molecule has 0 N–H and O–H groups in total. The molecule has 0 radical (unpaired) electrons. The van der Waals surface area contributed by atoms with E-state index in [2.05, 4.69) is 10.2 Å². The van der Waals surface area contributed by atoms with Crippen LogP contribution in [0.15, 0.2) is 50.3 Å². The normalized spacial score (nSPS) is 10.9. The Labute approximate surface area is 129 Å². The summed E-state index contributed by atoms with van der Waals surface area (Å²) in [6.07, 6.45) is 1.56. The molecule has 4 nitrogen and oxygen atoms in total. The standard InChI is InChI=1S/C13H8Cl2N2O2S/c14-8-3-4-9(15)11(6-8)20-7-12-16-17-13(19-12)10-2-1-5-18-10/h1-6H,7H2. The Morgan fingerprint density at radius 3 is 2.85 bits per heavy atom. The highest BCUT2D eigenvalue weighted by Crippen LogP contribution is 2.32. The summed E-state index contributed by atoms with van der Waals surface area (Å²) in [5, 5.41) is 9.18. The molecule has 0 bridgehead atoms. The summed E-state index contributed by atoms with van der Waals surface area (Å²) in [6, 6.07) is 8.83. The van der Waals surface area contributed by atoms with Gasteiger partial charge in [0.2, 0.25) is 5.89 Å². The van der Waals surface area contributed by atoms with Gasteiger partial charge in [-0.3, -0.25) is 0 Å². The van der Waals surface area contributed by atoms with Gasteiger partial charge in [-0.25, -0.2) is 0 Å². The Kier molecular flexibility index (Phi) is 4.00. The Balaban J connectivity index is 1.71. The van der Waals surface area contributed by atoms with E-state index in [1.807, 2.05) is 0 Å². The fourth-order valence-electron chi connectivity index (χ4n) is 1.54. The Morgan fingerprint density at radius 1 is 1.15 bits per heavy atom. The van der Waals surface area contributed by atoms with Gasteiger partial charge in [0.15, 0.2) is 5.76 Å². The second-order valence-corrected chi connectivity index (χ2v) is 5.70. The Bertz CT molecular complexity index is 713. The van der Waals surface area contributed by atoms with Crippen LogP contribution in [0.5, 0.6) is 0 Å². The fourth-order valence-corrected chi connectivity index (χ4v) is 2.87. The molecule has 102 valence electrons. The zero-order valence-corrected chi connectivity index (χ0v) is 12.4. The van der Waals surface area contributed by atoms with Crippen molar-refractivity contribution in [1.82, 2.24) is 10.2 Å². The zero-order chi connectivity index (χ0) is 13.9. The van der Waals surface area contributed by atoms with Crippen LogP contribution < -0.4 is 0 Å². The maximum absolute atomic E-state index is 6.09. The van der Waals surface area contributed by atoms with E-state index in [-0.39, 0.29) is 0 Å². The molecule has 0 aliphatic carbocycles. The molecule has 0 amide bonds. The third-order valence-corrected chi connectivity index (χ3v) is 4.16. The van der Waals surface area contributed by atoms with E-state index in [0.717, 1.165) is 4.90 Å². The van der Waals surface area contributed by atoms with Crippen LogP contribution in [-0.4, -0.2) is 10.2 Å². The molecule has 20 heavy (non-hydrogen) atoms. The minimum atomic E-state index is 0.364. The van der Waals surface area contributed by atoms with Gasteiger partial charge in [0.05, 0.1) is 17.0 Å². The largest absolute Gasteiger partial charge is 0.459 e. The summed E-state index contributed by atoms with van der Waals surface area (Å²) in [5.74, 6) is 1.92. The number of hydrogen-bond acceptors (Lipinski definition) is 5. The monoisotopic (exact) mass is 326 g/mol. The molecule has 0 saturated heterocycles. The molecular formula is C13H8Cl2N2O2S. The first-order valence-corrected chi connectivity index (χ1v) is 7.40. The van der Waals surface area contributed by atoms with Gasteiger partial charge in [-0.15, -0.1) is 22.0 Å². The highest BCUT2D eigenvalue weighted by molar-refractivity contribution is 7.98. The van der Waals surface area contributed by atoms with Gasteiger partial charge in [-0.1, -0.05) is 23.2 Å². The van der Waals surface area contributed by atoms with Crippen LogP contribution in [0.4, 0.5) is 0 Å². The van der Waals surface area contributed by atoms with Crippen LogP contribution in [0.3, 0.4) is 0 Å². The van der Waals surface area contributed by atoms with Crippen molar-refractivity contribution in [2.75, 3.05) is 0 Å². The van der Waals surface area contributed by atoms with Crippen LogP contribution in [0.1, 0.15) is 5.89 Å². The van der Waals surface area contributed by atoms with Gasteiger partial charge < -0.3 is 8.83 Å². The van der Waals surface area contributed by atoms with Crippen molar-refractivity contribution in [3.63, 3.8) is 0 Å². The predicted molar refractivity (Wildman–Crippen MR) is 78.0 cm³/mol. The SMILES string of the molecule is Clc1ccc(Cl)c(SCc2nnc(-c3ccco3)o2)c1. The Hall–Kier alpha value is -1.43. The zero-order valence-electron chi connectivity index (χ0n) is 10.0. The number of nitrogens with zero attached hydrogens (tertiary/aromatic N) is 2. The van der Waals surface area contributed by atoms with Gasteiger partial charge in [0, 0.05) is 9.92 Å². The molecule has 3 rings (SSSR count). The molecule has 0 aliphatic rings. The van der Waals surface area contributed by atoms with E-state index >= 15 is 0 Å². The average Bonchev–Trinajstić information content (AvgIpc) is 3.09. The first-order valence-electron chi connectivity index (χ1n) is 5.66. The average molecular weight is 327 g/mol. The van der Waals surface area contributed by atoms with E-state index in [1.54, 1.807) is 36.6 Å². The summed E-state index contributed by atoms with van der Waals surface area (Å²) in [6.45, 7) is 0. The van der Waals surface area contributed by atoms with E-state index in [4.69, 9.17) is 32.0 Å². The van der Waals surface area contributed by atoms with E-state index < -0.39 is 0 Å². The molecule has 0 saturated carbocycles. The second kappa shape index (κ2) is 5.91. The quantitative estimate of drug-likeness (QED) is 0.636. The molecule has 3 aromatic rings. The van der Waals surface area contributed by atoms with Crippen LogP contribution in [0, 0.1) is 0 Å². The molecular weight excluding hydrogens is 319 g/mol. The Morgan fingerprint density at radius 2 is 2.05 bits per heavy atom. The third-order valence-electron chi connectivity index (χ3n) is 2.44. The van der Waals surface area contributed by atoms with Crippen molar-refractivity contribution < 1.29 is 8.83 Å². The first kappa shape index (κ1) is 13.5. The molecule has 2 heterocycles. The lowest BCUT2D eigenvalue weighted by Crippen LogP contribution is -1.81. The van der Waals surface area contributed by atoms with Crippen LogP contribution in [0.2, 0.25) is 10.0 Å². The van der Waals surface area contributed by atoms with Crippen molar-refractivity contribution in [3.05, 3.63) is 52.5 Å². The maximum atomic E-state index is 6.09. The molecule has 1 aromatic carbocycles. The number of aromatic nitrogens is 2. The summed E-state index contributed by atoms with van der Waals surface area (Å²) in [5.41, 5.74) is 0. The summed E-state index contributed by atoms with van der Waals surface area (Å²) in [4.78, 5) is 0.872. The predicted octanol–water partition coefficient (Wildman–Crippen LogP) is 4.93. The number of rotatable bonds is 4. The van der Waals surface area contributed by atoms with Crippen molar-refractivity contribution in [2.45, 2.75) is 10.6 Å². The number of benzene rings is 1. The smallest absolute Gasteiger partial charge is 0.283 e. The highest BCUT2D eigenvalue weighted by Gasteiger charge is 2.11. The number of thioether (sulfide) groups is 1. The van der Waals surface area contributed by atoms with Gasteiger partial charge in [0.1, 0.15) is 0 Å². The molecule has 7 heteroatoms. The minimum absolute atomic E-state index is 0.364. The fraction of sp³-hybridized carbons (Fsp3) is 0.0769. The van der Waals surface area contributed by atoms with Crippen LogP contribution >= 0.6 is 35.0 Å². The summed E-state index contributed by atoms with van der Waals surface area (Å²) >= 11 is 13.5. The number of hydrogen-bond donors (Lipinski definition) is 0. The van der Waals surface area contributed by atoms with Crippen LogP contribution in [-0.2, 0) is 5.75 Å². The van der Waals surface area contributed by atoms with Crippen molar-refractivity contribution in [2.24, 2.45) is 0 Å². The van der Waals surface area contributed by atoms with E-state index in [0.29, 0.717) is 33.3 Å². The molecule has 2 aromatic heterocycles. The molecule has 0 atom stereocenters. The minimum Gasteiger partial charge on any atom is -0.459 e. The lowest BCUT2D eigenvalue weighted by atomic mass is 10.4. The van der Waals surface area contributed by atoms with Crippen molar-refractivity contribution in [3.8, 4) is 11.7 Å². The van der Waals surface area contributed by atoms with Gasteiger partial charge in [-0.2, -0.15) is 0 Å². The van der Waals surface area contributed by atoms with Gasteiger partial charge in [0.25, 0.3) is 5.89 Å². The second-order valence-electron chi connectivity index (χ2n) is 3.84. The third kappa shape index (κ3) is 3.00. The number of halogens is 2. The maximum Gasteiger partial charge on any atom is 0.283 e. The summed E-state index contributed by atoms with van der Waals surface area (Å²) < 4.78 is 10.7. The van der Waals surface area contributed by atoms with Gasteiger partial charge >= 0.3 is 0 Å². The molecule has 0 aliphatic heterocycles. The topological polar surface area (TPSA) is 52.1 Å². The molecule has 0 spiro atoms. The van der Waals surface area contributed by atoms with Gasteiger partial charge in [-0.05, 0) is 30.3 Å². The van der Waals surface area contributed by atoms with E-state index in [9.17, 15) is 0 Å². The molecule has 0 fully saturated rings. The van der Waals surface area contributed by atoms with E-state index in [1.165, 1.54) is 11.8 Å². The van der Waals surface area contributed by atoms with Crippen molar-refractivity contribution >= 4 is 35.0 Å². The molecule has 0 unspecified atom stereocenters. The lowest BCUT2D eigenvalue weighted by molar-refractivity contribution is 0.494. The number of furan rings is 1. The highest BCUT2D eigenvalue weighted by atomic mass is 35.5. The van der Waals surface area contributed by atoms with Crippen LogP contribution in [0.25, 0.3) is 11.7 Å². The van der Waals surface area contributed by atoms with Crippen molar-refractivity contribution in [1.29, 1.82) is 0 Å².